The lowest BCUT2D eigenvalue weighted by molar-refractivity contribution is 1.16. The van der Waals surface area contributed by atoms with Gasteiger partial charge in [-0.25, -0.2) is 0 Å². The second-order valence-electron chi connectivity index (χ2n) is 3.06. The van der Waals surface area contributed by atoms with Crippen molar-refractivity contribution in [2.24, 2.45) is 5.73 Å². The molecule has 90 valence electrons. The second-order valence-corrected chi connectivity index (χ2v) is 5.42. The van der Waals surface area contributed by atoms with Crippen molar-refractivity contribution in [1.29, 1.82) is 5.41 Å². The maximum absolute atomic E-state index is 7.04. The molecule has 0 fully saturated rings. The van der Waals surface area contributed by atoms with Gasteiger partial charge in [0, 0.05) is 11.5 Å². The number of thioether (sulfide) groups is 2. The van der Waals surface area contributed by atoms with Crippen LogP contribution in [0.5, 0.6) is 0 Å². The monoisotopic (exact) mass is 276 g/mol. The number of nitrogens with one attached hydrogen (secondary N) is 1. The van der Waals surface area contributed by atoms with Gasteiger partial charge in [0.1, 0.15) is 0 Å². The number of amidine groups is 1. The minimum absolute atomic E-state index is 0. The highest BCUT2D eigenvalue weighted by molar-refractivity contribution is 8.14. The molecule has 1 aromatic carbocycles. The van der Waals surface area contributed by atoms with E-state index in [0.29, 0.717) is 0 Å². The van der Waals surface area contributed by atoms with Crippen LogP contribution in [0, 0.1) is 5.41 Å². The summed E-state index contributed by atoms with van der Waals surface area (Å²) in [6.45, 7) is 0. The minimum Gasteiger partial charge on any atom is -0.379 e. The number of hydrogen-bond acceptors (Lipinski definition) is 3. The van der Waals surface area contributed by atoms with Gasteiger partial charge in [-0.2, -0.15) is 11.8 Å². The van der Waals surface area contributed by atoms with Crippen LogP contribution in [-0.2, 0) is 6.42 Å². The highest BCUT2D eigenvalue weighted by Gasteiger charge is 1.94. The Morgan fingerprint density at radius 1 is 1.12 bits per heavy atom. The van der Waals surface area contributed by atoms with Crippen LogP contribution in [0.2, 0.25) is 0 Å². The Kier molecular flexibility index (Phi) is 9.68. The number of aryl methyl sites for hydroxylation is 1. The van der Waals surface area contributed by atoms with E-state index in [0.717, 1.165) is 23.7 Å². The predicted octanol–water partition coefficient (Wildman–Crippen LogP) is 3.01. The number of benzene rings is 1. The first kappa shape index (κ1) is 15.7. The van der Waals surface area contributed by atoms with Crippen LogP contribution in [0.3, 0.4) is 0 Å². The standard InChI is InChI=1S/C11H16N2S2.ClH/c12-11(13)15-9-8-14-7-6-10-4-2-1-3-5-10;/h1-5H,6-9H2,(H3,12,13);1H. The van der Waals surface area contributed by atoms with Gasteiger partial charge < -0.3 is 5.73 Å². The molecule has 16 heavy (non-hydrogen) atoms. The van der Waals surface area contributed by atoms with Gasteiger partial charge in [0.25, 0.3) is 0 Å². The summed E-state index contributed by atoms with van der Waals surface area (Å²) in [7, 11) is 0. The molecule has 0 aliphatic carbocycles. The van der Waals surface area contributed by atoms with Crippen LogP contribution >= 0.6 is 35.9 Å². The Morgan fingerprint density at radius 3 is 2.44 bits per heavy atom. The molecule has 5 heteroatoms. The van der Waals surface area contributed by atoms with Crippen molar-refractivity contribution in [3.8, 4) is 0 Å². The summed E-state index contributed by atoms with van der Waals surface area (Å²) in [6.07, 6.45) is 1.12. The Morgan fingerprint density at radius 2 is 1.81 bits per heavy atom. The van der Waals surface area contributed by atoms with E-state index in [4.69, 9.17) is 11.1 Å². The molecular formula is C11H17ClN2S2. The van der Waals surface area contributed by atoms with E-state index in [9.17, 15) is 0 Å². The molecule has 0 amide bonds. The summed E-state index contributed by atoms with van der Waals surface area (Å²) in [5, 5.41) is 7.26. The molecule has 0 unspecified atom stereocenters. The molecule has 0 bridgehead atoms. The van der Waals surface area contributed by atoms with Crippen molar-refractivity contribution in [2.75, 3.05) is 17.3 Å². The average molecular weight is 277 g/mol. The number of hydrogen-bond donors (Lipinski definition) is 2. The van der Waals surface area contributed by atoms with Gasteiger partial charge in [-0.3, -0.25) is 5.41 Å². The van der Waals surface area contributed by atoms with Crippen LogP contribution in [0.25, 0.3) is 0 Å². The second kappa shape index (κ2) is 9.87. The van der Waals surface area contributed by atoms with Crippen molar-refractivity contribution >= 4 is 41.1 Å². The average Bonchev–Trinajstić information content (AvgIpc) is 2.24. The van der Waals surface area contributed by atoms with Crippen molar-refractivity contribution in [3.05, 3.63) is 35.9 Å². The molecule has 0 saturated carbocycles. The van der Waals surface area contributed by atoms with E-state index in [-0.39, 0.29) is 17.6 Å². The summed E-state index contributed by atoms with van der Waals surface area (Å²) in [6, 6.07) is 10.5. The largest absolute Gasteiger partial charge is 0.379 e. The van der Waals surface area contributed by atoms with Crippen LogP contribution in [-0.4, -0.2) is 22.4 Å². The van der Waals surface area contributed by atoms with E-state index in [1.165, 1.54) is 17.3 Å². The third-order valence-electron chi connectivity index (χ3n) is 1.86. The third-order valence-corrected chi connectivity index (χ3v) is 3.83. The highest BCUT2D eigenvalue weighted by Crippen LogP contribution is 2.09. The summed E-state index contributed by atoms with van der Waals surface area (Å²) in [5.41, 5.74) is 6.63. The van der Waals surface area contributed by atoms with Crippen LogP contribution in [0.1, 0.15) is 5.56 Å². The normalized spacial score (nSPS) is 9.50. The molecule has 0 radical (unpaired) electrons. The SMILES string of the molecule is Cl.N=C(N)SCCSCCc1ccccc1. The minimum atomic E-state index is 0. The van der Waals surface area contributed by atoms with E-state index in [1.807, 2.05) is 17.8 Å². The Balaban J connectivity index is 0.00000225. The van der Waals surface area contributed by atoms with E-state index >= 15 is 0 Å². The number of nitrogens with two attached hydrogens (primary N) is 1. The lowest BCUT2D eigenvalue weighted by Crippen LogP contribution is -2.05. The fourth-order valence-electron chi connectivity index (χ4n) is 1.15. The maximum atomic E-state index is 7.04. The summed E-state index contributed by atoms with van der Waals surface area (Å²) < 4.78 is 0. The Hall–Kier alpha value is -0.320. The quantitative estimate of drug-likeness (QED) is 0.477. The smallest absolute Gasteiger partial charge is 0.151 e. The maximum Gasteiger partial charge on any atom is 0.151 e. The van der Waals surface area contributed by atoms with Gasteiger partial charge in [-0.05, 0) is 17.7 Å². The molecule has 0 heterocycles. The van der Waals surface area contributed by atoms with Crippen molar-refractivity contribution in [1.82, 2.24) is 0 Å². The molecular weight excluding hydrogens is 260 g/mol. The zero-order valence-corrected chi connectivity index (χ0v) is 11.5. The first-order valence-corrected chi connectivity index (χ1v) is 7.01. The van der Waals surface area contributed by atoms with E-state index in [2.05, 4.69) is 24.3 Å². The van der Waals surface area contributed by atoms with Crippen molar-refractivity contribution in [3.63, 3.8) is 0 Å². The van der Waals surface area contributed by atoms with Crippen molar-refractivity contribution < 1.29 is 0 Å². The topological polar surface area (TPSA) is 49.9 Å². The molecule has 0 spiro atoms. The molecule has 1 aromatic rings. The summed E-state index contributed by atoms with van der Waals surface area (Å²) in [4.78, 5) is 0. The number of rotatable bonds is 6. The van der Waals surface area contributed by atoms with Gasteiger partial charge in [-0.1, -0.05) is 42.1 Å². The molecule has 0 aromatic heterocycles. The lowest BCUT2D eigenvalue weighted by Gasteiger charge is -2.01. The Bertz CT molecular complexity index is 293. The van der Waals surface area contributed by atoms with Gasteiger partial charge >= 0.3 is 0 Å². The zero-order valence-electron chi connectivity index (χ0n) is 9.02. The van der Waals surface area contributed by atoms with Crippen molar-refractivity contribution in [2.45, 2.75) is 6.42 Å². The number of halogens is 1. The van der Waals surface area contributed by atoms with E-state index in [1.54, 1.807) is 0 Å². The van der Waals surface area contributed by atoms with Gasteiger partial charge in [0.2, 0.25) is 0 Å². The molecule has 0 aliphatic heterocycles. The van der Waals surface area contributed by atoms with Gasteiger partial charge in [0.15, 0.2) is 5.17 Å². The molecule has 2 nitrogen and oxygen atoms in total. The Labute approximate surface area is 112 Å². The van der Waals surface area contributed by atoms with Gasteiger partial charge in [0.05, 0.1) is 0 Å². The van der Waals surface area contributed by atoms with Crippen LogP contribution in [0.15, 0.2) is 30.3 Å². The van der Waals surface area contributed by atoms with Gasteiger partial charge in [-0.15, -0.1) is 12.4 Å². The molecule has 1 rings (SSSR count). The molecule has 0 atom stereocenters. The molecule has 3 N–H and O–H groups in total. The zero-order chi connectivity index (χ0) is 10.9. The van der Waals surface area contributed by atoms with Crippen LogP contribution < -0.4 is 5.73 Å². The molecule has 0 aliphatic rings. The fourth-order valence-corrected chi connectivity index (χ4v) is 2.76. The highest BCUT2D eigenvalue weighted by atomic mass is 35.5. The first-order valence-electron chi connectivity index (χ1n) is 4.87. The lowest BCUT2D eigenvalue weighted by atomic mass is 10.2. The third kappa shape index (κ3) is 7.91. The van der Waals surface area contributed by atoms with Crippen LogP contribution in [0.4, 0.5) is 0 Å². The van der Waals surface area contributed by atoms with E-state index < -0.39 is 0 Å². The summed E-state index contributed by atoms with van der Waals surface area (Å²) >= 11 is 3.33. The first-order chi connectivity index (χ1) is 7.29. The predicted molar refractivity (Wildman–Crippen MR) is 79.1 cm³/mol. The molecule has 0 saturated heterocycles. The summed E-state index contributed by atoms with van der Waals surface area (Å²) in [5.74, 6) is 3.15. The fraction of sp³-hybridized carbons (Fsp3) is 0.364.